The second-order valence-corrected chi connectivity index (χ2v) is 8.92. The van der Waals surface area contributed by atoms with Gasteiger partial charge in [0.15, 0.2) is 0 Å². The van der Waals surface area contributed by atoms with Crippen LogP contribution >= 0.6 is 11.6 Å². The molecule has 2 aromatic carbocycles. The van der Waals surface area contributed by atoms with Gasteiger partial charge in [0.05, 0.1) is 11.0 Å². The van der Waals surface area contributed by atoms with E-state index in [1.165, 1.54) is 12.1 Å². The van der Waals surface area contributed by atoms with Crippen LogP contribution in [0.3, 0.4) is 0 Å². The predicted molar refractivity (Wildman–Crippen MR) is 114 cm³/mol. The molecule has 5 rings (SSSR count). The number of amides is 1. The second-order valence-electron chi connectivity index (χ2n) is 8.49. The maximum atomic E-state index is 13.5. The lowest BCUT2D eigenvalue weighted by Crippen LogP contribution is -2.37. The van der Waals surface area contributed by atoms with E-state index in [2.05, 4.69) is 17.2 Å². The minimum Gasteiger partial charge on any atom is -0.349 e. The summed E-state index contributed by atoms with van der Waals surface area (Å²) in [7, 11) is 0. The number of H-pyrrole nitrogens is 1. The van der Waals surface area contributed by atoms with Crippen molar-refractivity contribution in [2.75, 3.05) is 0 Å². The summed E-state index contributed by atoms with van der Waals surface area (Å²) in [6, 6.07) is 11.6. The fourth-order valence-corrected chi connectivity index (χ4v) is 5.59. The molecule has 0 spiro atoms. The Kier molecular flexibility index (Phi) is 4.69. The van der Waals surface area contributed by atoms with Crippen LogP contribution in [0.2, 0.25) is 5.02 Å². The van der Waals surface area contributed by atoms with Crippen LogP contribution in [0, 0.1) is 23.6 Å². The van der Waals surface area contributed by atoms with Gasteiger partial charge in [-0.2, -0.15) is 0 Å². The van der Waals surface area contributed by atoms with Gasteiger partial charge in [0, 0.05) is 22.7 Å². The van der Waals surface area contributed by atoms with E-state index in [1.54, 1.807) is 34.9 Å². The van der Waals surface area contributed by atoms with Crippen molar-refractivity contribution in [1.82, 2.24) is 14.9 Å². The Morgan fingerprint density at radius 3 is 2.60 bits per heavy atom. The molecule has 2 fully saturated rings. The zero-order valence-corrected chi connectivity index (χ0v) is 17.3. The molecule has 0 aliphatic heterocycles. The van der Waals surface area contributed by atoms with Gasteiger partial charge < -0.3 is 10.3 Å². The average molecular weight is 428 g/mol. The molecule has 7 heteroatoms. The number of hydrogen-bond donors (Lipinski definition) is 2. The number of aromatic nitrogens is 2. The van der Waals surface area contributed by atoms with Crippen molar-refractivity contribution in [3.63, 3.8) is 0 Å². The lowest BCUT2D eigenvalue weighted by atomic mass is 9.98. The zero-order chi connectivity index (χ0) is 21.0. The van der Waals surface area contributed by atoms with Crippen LogP contribution in [0.15, 0.2) is 47.3 Å². The molecule has 1 aromatic heterocycles. The molecule has 2 N–H and O–H groups in total. The first-order valence-electron chi connectivity index (χ1n) is 10.4. The van der Waals surface area contributed by atoms with Gasteiger partial charge in [-0.1, -0.05) is 18.5 Å². The number of imidazole rings is 1. The zero-order valence-electron chi connectivity index (χ0n) is 16.6. The van der Waals surface area contributed by atoms with Gasteiger partial charge in [0.25, 0.3) is 5.91 Å². The summed E-state index contributed by atoms with van der Waals surface area (Å²) in [6.07, 6.45) is 2.69. The summed E-state index contributed by atoms with van der Waals surface area (Å²) >= 11 is 5.91. The SMILES string of the molecule is CCC(NC(=O)c1ccc(Cl)cc1)[C@H]1[C@@H]2C[C@@H](n3c(=O)[nH]c4cc(F)ccc43)C[C@@H]21. The number of nitrogens with one attached hydrogen (secondary N) is 2. The minimum absolute atomic E-state index is 0.0742. The molecule has 2 aliphatic carbocycles. The molecule has 156 valence electrons. The molecule has 5 atom stereocenters. The van der Waals surface area contributed by atoms with Crippen LogP contribution in [-0.2, 0) is 0 Å². The monoisotopic (exact) mass is 427 g/mol. The normalized spacial score (nSPS) is 25.8. The van der Waals surface area contributed by atoms with Crippen LogP contribution in [0.1, 0.15) is 42.6 Å². The van der Waals surface area contributed by atoms with Crippen LogP contribution in [-0.4, -0.2) is 21.5 Å². The van der Waals surface area contributed by atoms with Gasteiger partial charge in [-0.15, -0.1) is 0 Å². The Morgan fingerprint density at radius 1 is 1.23 bits per heavy atom. The van der Waals surface area contributed by atoms with E-state index in [-0.39, 0.29) is 29.5 Å². The number of halogens is 2. The lowest BCUT2D eigenvalue weighted by Gasteiger charge is -2.22. The van der Waals surface area contributed by atoms with E-state index in [0.717, 1.165) is 24.8 Å². The van der Waals surface area contributed by atoms with Crippen LogP contribution in [0.5, 0.6) is 0 Å². The highest BCUT2D eigenvalue weighted by Crippen LogP contribution is 2.62. The summed E-state index contributed by atoms with van der Waals surface area (Å²) in [5, 5.41) is 3.80. The highest BCUT2D eigenvalue weighted by molar-refractivity contribution is 6.30. The van der Waals surface area contributed by atoms with Crippen molar-refractivity contribution < 1.29 is 9.18 Å². The smallest absolute Gasteiger partial charge is 0.326 e. The van der Waals surface area contributed by atoms with Gasteiger partial charge >= 0.3 is 5.69 Å². The first kappa shape index (κ1) is 19.4. The number of nitrogens with zero attached hydrogens (tertiary/aromatic N) is 1. The number of benzene rings is 2. The number of carbonyl (C=O) groups excluding carboxylic acids is 1. The molecule has 2 saturated carbocycles. The Morgan fingerprint density at radius 2 is 1.93 bits per heavy atom. The topological polar surface area (TPSA) is 66.9 Å². The average Bonchev–Trinajstić information content (AvgIpc) is 3.05. The van der Waals surface area contributed by atoms with E-state index < -0.39 is 0 Å². The van der Waals surface area contributed by atoms with E-state index in [1.807, 2.05) is 0 Å². The van der Waals surface area contributed by atoms with Crippen molar-refractivity contribution in [3.8, 4) is 0 Å². The standard InChI is InChI=1S/C23H23ClFN3O2/c1-2-18(26-22(29)12-3-5-13(24)6-4-12)21-16-10-15(11-17(16)21)28-20-8-7-14(25)9-19(20)27-23(28)30/h3-9,15-18,21H,2,10-11H2,1H3,(H,26,29)(H,27,30)/t15-,16-,17+,18?,21+. The fourth-order valence-electron chi connectivity index (χ4n) is 5.46. The number of carbonyl (C=O) groups is 1. The van der Waals surface area contributed by atoms with Gasteiger partial charge in [-0.05, 0) is 79.5 Å². The van der Waals surface area contributed by atoms with Crippen LogP contribution in [0.4, 0.5) is 4.39 Å². The molecule has 0 bridgehead atoms. The predicted octanol–water partition coefficient (Wildman–Crippen LogP) is 4.53. The third-order valence-electron chi connectivity index (χ3n) is 6.86. The van der Waals surface area contributed by atoms with Crippen LogP contribution in [0.25, 0.3) is 11.0 Å². The van der Waals surface area contributed by atoms with Crippen molar-refractivity contribution in [3.05, 3.63) is 69.4 Å². The molecule has 3 aromatic rings. The lowest BCUT2D eigenvalue weighted by molar-refractivity contribution is 0.0927. The van der Waals surface area contributed by atoms with Crippen LogP contribution < -0.4 is 11.0 Å². The first-order valence-corrected chi connectivity index (χ1v) is 10.8. The van der Waals surface area contributed by atoms with Crippen molar-refractivity contribution in [2.45, 2.75) is 38.3 Å². The molecular weight excluding hydrogens is 405 g/mol. The van der Waals surface area contributed by atoms with Crippen molar-refractivity contribution in [1.29, 1.82) is 0 Å². The van der Waals surface area contributed by atoms with Crippen molar-refractivity contribution >= 4 is 28.5 Å². The third-order valence-corrected chi connectivity index (χ3v) is 7.11. The second kappa shape index (κ2) is 7.27. The Bertz CT molecular complexity index is 1160. The summed E-state index contributed by atoms with van der Waals surface area (Å²) in [4.78, 5) is 27.9. The van der Waals surface area contributed by atoms with Crippen molar-refractivity contribution in [2.24, 2.45) is 17.8 Å². The number of hydrogen-bond acceptors (Lipinski definition) is 2. The molecule has 0 radical (unpaired) electrons. The summed E-state index contributed by atoms with van der Waals surface area (Å²) in [5.74, 6) is 1.02. The Labute approximate surface area is 178 Å². The molecule has 1 heterocycles. The Balaban J connectivity index is 1.28. The molecular formula is C23H23ClFN3O2. The molecule has 0 saturated heterocycles. The van der Waals surface area contributed by atoms with Gasteiger partial charge in [-0.25, -0.2) is 9.18 Å². The summed E-state index contributed by atoms with van der Waals surface area (Å²) < 4.78 is 15.3. The Hall–Kier alpha value is -2.60. The van der Waals surface area contributed by atoms with E-state index in [4.69, 9.17) is 11.6 Å². The minimum atomic E-state index is -0.354. The third kappa shape index (κ3) is 3.23. The highest BCUT2D eigenvalue weighted by atomic mass is 35.5. The number of rotatable bonds is 5. The maximum absolute atomic E-state index is 13.5. The molecule has 1 amide bonds. The van der Waals surface area contributed by atoms with E-state index in [0.29, 0.717) is 33.9 Å². The summed E-state index contributed by atoms with van der Waals surface area (Å²) in [6.45, 7) is 2.09. The maximum Gasteiger partial charge on any atom is 0.326 e. The quantitative estimate of drug-likeness (QED) is 0.628. The molecule has 1 unspecified atom stereocenters. The van der Waals surface area contributed by atoms with Gasteiger partial charge in [-0.3, -0.25) is 9.36 Å². The van der Waals surface area contributed by atoms with E-state index >= 15 is 0 Å². The van der Waals surface area contributed by atoms with E-state index in [9.17, 15) is 14.0 Å². The first-order chi connectivity index (χ1) is 14.5. The molecule has 30 heavy (non-hydrogen) atoms. The van der Waals surface area contributed by atoms with Gasteiger partial charge in [0.1, 0.15) is 5.82 Å². The van der Waals surface area contributed by atoms with Gasteiger partial charge in [0.2, 0.25) is 0 Å². The fraction of sp³-hybridized carbons (Fsp3) is 0.391. The molecule has 2 aliphatic rings. The highest BCUT2D eigenvalue weighted by Gasteiger charge is 2.59. The number of fused-ring (bicyclic) bond motifs is 2. The number of aromatic amines is 1. The summed E-state index contributed by atoms with van der Waals surface area (Å²) in [5.41, 5.74) is 1.73. The molecule has 5 nitrogen and oxygen atoms in total. The largest absolute Gasteiger partial charge is 0.349 e.